The van der Waals surface area contributed by atoms with E-state index in [0.29, 0.717) is 12.3 Å². The van der Waals surface area contributed by atoms with E-state index in [9.17, 15) is 14.4 Å². The molecule has 0 saturated heterocycles. The Morgan fingerprint density at radius 1 is 0.919 bits per heavy atom. The summed E-state index contributed by atoms with van der Waals surface area (Å²) < 4.78 is 5.76. The van der Waals surface area contributed by atoms with Crippen molar-refractivity contribution < 1.29 is 24.2 Å². The van der Waals surface area contributed by atoms with E-state index in [-0.39, 0.29) is 45.6 Å². The van der Waals surface area contributed by atoms with Crippen molar-refractivity contribution in [2.75, 3.05) is 0 Å². The largest absolute Gasteiger partial charge is 0.478 e. The second-order valence-corrected chi connectivity index (χ2v) is 12.5. The first kappa shape index (κ1) is 28.9. The van der Waals surface area contributed by atoms with E-state index in [2.05, 4.69) is 27.7 Å². The molecule has 5 atom stereocenters. The molecule has 3 fully saturated rings. The molecule has 0 aromatic heterocycles. The van der Waals surface area contributed by atoms with Gasteiger partial charge < -0.3 is 9.84 Å². The molecule has 37 heavy (non-hydrogen) atoms. The first-order chi connectivity index (χ1) is 17.1. The van der Waals surface area contributed by atoms with Gasteiger partial charge in [0.25, 0.3) is 0 Å². The highest BCUT2D eigenvalue weighted by Crippen LogP contribution is 2.69. The van der Waals surface area contributed by atoms with Gasteiger partial charge in [-0.1, -0.05) is 69.7 Å². The van der Waals surface area contributed by atoms with E-state index in [4.69, 9.17) is 9.84 Å². The fourth-order valence-electron chi connectivity index (χ4n) is 7.87. The van der Waals surface area contributed by atoms with Gasteiger partial charge in [-0.25, -0.2) is 4.79 Å². The molecule has 5 heteroatoms. The van der Waals surface area contributed by atoms with Crippen LogP contribution in [0.15, 0.2) is 58.7 Å². The number of carboxylic acids is 1. The lowest BCUT2D eigenvalue weighted by molar-refractivity contribution is -0.185. The van der Waals surface area contributed by atoms with Crippen LogP contribution in [0, 0.1) is 28.1 Å². The number of esters is 1. The number of ketones is 1. The summed E-state index contributed by atoms with van der Waals surface area (Å²) in [6.45, 7) is 16.2. The highest BCUT2D eigenvalue weighted by atomic mass is 16.5. The Kier molecular flexibility index (Phi) is 8.26. The predicted octanol–water partition coefficient (Wildman–Crippen LogP) is 7.16. The Hall–Kier alpha value is -2.69. The third kappa shape index (κ3) is 5.46. The van der Waals surface area contributed by atoms with Gasteiger partial charge >= 0.3 is 11.9 Å². The van der Waals surface area contributed by atoms with Crippen LogP contribution in [-0.2, 0) is 19.1 Å². The third-order valence-corrected chi connectivity index (χ3v) is 9.68. The Bertz CT molecular complexity index is 1110. The minimum Gasteiger partial charge on any atom is -0.478 e. The summed E-state index contributed by atoms with van der Waals surface area (Å²) >= 11 is 0. The number of hydrogen-bond acceptors (Lipinski definition) is 4. The molecular formula is C32H44O5. The van der Waals surface area contributed by atoms with E-state index < -0.39 is 5.97 Å². The van der Waals surface area contributed by atoms with E-state index in [1.165, 1.54) is 6.92 Å². The second kappa shape index (κ2) is 10.6. The fourth-order valence-corrected chi connectivity index (χ4v) is 7.87. The molecule has 0 spiro atoms. The summed E-state index contributed by atoms with van der Waals surface area (Å²) in [6, 6.07) is 0. The molecule has 0 aliphatic heterocycles. The smallest absolute Gasteiger partial charge is 0.331 e. The van der Waals surface area contributed by atoms with Gasteiger partial charge in [0.1, 0.15) is 6.10 Å². The number of hydrogen-bond donors (Lipinski definition) is 1. The van der Waals surface area contributed by atoms with Crippen LogP contribution in [0.3, 0.4) is 0 Å². The molecule has 1 N–H and O–H groups in total. The number of aliphatic carboxylic acids is 1. The minimum absolute atomic E-state index is 0.0252. The van der Waals surface area contributed by atoms with Gasteiger partial charge in [-0.15, -0.1) is 0 Å². The predicted molar refractivity (Wildman–Crippen MR) is 147 cm³/mol. The van der Waals surface area contributed by atoms with Crippen molar-refractivity contribution in [3.05, 3.63) is 58.7 Å². The van der Waals surface area contributed by atoms with Crippen LogP contribution in [0.2, 0.25) is 0 Å². The van der Waals surface area contributed by atoms with Crippen molar-refractivity contribution in [1.82, 2.24) is 0 Å². The van der Waals surface area contributed by atoms with Gasteiger partial charge in [-0.2, -0.15) is 0 Å². The number of fused-ring (bicyclic) bond motifs is 3. The summed E-state index contributed by atoms with van der Waals surface area (Å²) in [5.41, 5.74) is 3.03. The van der Waals surface area contributed by atoms with Crippen LogP contribution in [0.4, 0.5) is 0 Å². The van der Waals surface area contributed by atoms with E-state index in [1.807, 2.05) is 38.2 Å². The number of carbonyl (C=O) groups is 3. The van der Waals surface area contributed by atoms with E-state index in [0.717, 1.165) is 42.4 Å². The molecule has 0 aromatic rings. The summed E-state index contributed by atoms with van der Waals surface area (Å²) in [6.07, 6.45) is 15.5. The number of rotatable bonds is 6. The molecule has 0 aromatic carbocycles. The second-order valence-electron chi connectivity index (χ2n) is 12.5. The van der Waals surface area contributed by atoms with Gasteiger partial charge in [0, 0.05) is 35.3 Å². The Balaban J connectivity index is 1.85. The molecule has 0 unspecified atom stereocenters. The monoisotopic (exact) mass is 508 g/mol. The molecular weight excluding hydrogens is 464 g/mol. The Morgan fingerprint density at radius 2 is 1.57 bits per heavy atom. The van der Waals surface area contributed by atoms with Crippen LogP contribution in [-0.4, -0.2) is 28.9 Å². The zero-order chi connectivity index (χ0) is 27.8. The maximum atomic E-state index is 13.5. The lowest BCUT2D eigenvalue weighted by Gasteiger charge is -2.62. The Labute approximate surface area is 222 Å². The first-order valence-electron chi connectivity index (χ1n) is 13.5. The van der Waals surface area contributed by atoms with Gasteiger partial charge in [-0.3, -0.25) is 9.59 Å². The highest BCUT2D eigenvalue weighted by molar-refractivity contribution is 6.00. The summed E-state index contributed by atoms with van der Waals surface area (Å²) in [7, 11) is 0. The molecule has 0 amide bonds. The number of carbonyl (C=O) groups excluding carboxylic acids is 2. The molecule has 202 valence electrons. The van der Waals surface area contributed by atoms with Gasteiger partial charge in [0.15, 0.2) is 5.78 Å². The summed E-state index contributed by atoms with van der Waals surface area (Å²) in [5, 5.41) is 8.95. The van der Waals surface area contributed by atoms with Crippen molar-refractivity contribution >= 4 is 17.7 Å². The Morgan fingerprint density at radius 3 is 2.19 bits per heavy atom. The standard InChI is InChI=1S/C32H44O5/c1-20(12-10-14-22(3)29(35)36)11-9-13-21(2)28-24(34)19-26-31(7)18-16-27(37-23(4)33)30(5,6)25(31)15-17-32(26,28)8/h9-14,25-27H,15-19H2,1-8H3,(H,35,36)/b12-10+,13-9+,20-11+,22-14+,28-21-/t25-,26-,27-,31-,32-/m0/s1. The van der Waals surface area contributed by atoms with Crippen LogP contribution >= 0.6 is 0 Å². The number of carboxylic acid groups (broad SMARTS) is 1. The number of allylic oxidation sites excluding steroid dienone is 9. The van der Waals surface area contributed by atoms with Crippen LogP contribution < -0.4 is 0 Å². The lowest BCUT2D eigenvalue weighted by Crippen LogP contribution is -2.58. The van der Waals surface area contributed by atoms with Crippen molar-refractivity contribution in [3.8, 4) is 0 Å². The topological polar surface area (TPSA) is 80.7 Å². The fraction of sp³-hybridized carbons (Fsp3) is 0.594. The molecule has 0 bridgehead atoms. The third-order valence-electron chi connectivity index (χ3n) is 9.68. The van der Waals surface area contributed by atoms with Gasteiger partial charge in [0.2, 0.25) is 0 Å². The van der Waals surface area contributed by atoms with E-state index in [1.54, 1.807) is 19.1 Å². The summed E-state index contributed by atoms with van der Waals surface area (Å²) in [5.74, 6) is -0.184. The molecule has 3 saturated carbocycles. The van der Waals surface area contributed by atoms with Crippen molar-refractivity contribution in [2.45, 2.75) is 93.6 Å². The number of Topliss-reactive ketones (excluding diaryl/α,β-unsaturated/α-hetero) is 1. The molecule has 0 heterocycles. The lowest BCUT2D eigenvalue weighted by atomic mass is 9.43. The van der Waals surface area contributed by atoms with Gasteiger partial charge in [-0.05, 0) is 69.3 Å². The van der Waals surface area contributed by atoms with Crippen molar-refractivity contribution in [2.24, 2.45) is 28.1 Å². The summed E-state index contributed by atoms with van der Waals surface area (Å²) in [4.78, 5) is 36.1. The molecule has 0 radical (unpaired) electrons. The van der Waals surface area contributed by atoms with Crippen LogP contribution in [0.1, 0.15) is 87.5 Å². The van der Waals surface area contributed by atoms with E-state index >= 15 is 0 Å². The van der Waals surface area contributed by atoms with Crippen molar-refractivity contribution in [1.29, 1.82) is 0 Å². The average molecular weight is 509 g/mol. The van der Waals surface area contributed by atoms with Gasteiger partial charge in [0.05, 0.1) is 0 Å². The molecule has 3 rings (SSSR count). The molecule has 5 nitrogen and oxygen atoms in total. The first-order valence-corrected chi connectivity index (χ1v) is 13.5. The zero-order valence-electron chi connectivity index (χ0n) is 23.8. The van der Waals surface area contributed by atoms with Crippen molar-refractivity contribution in [3.63, 3.8) is 0 Å². The maximum absolute atomic E-state index is 13.5. The highest BCUT2D eigenvalue weighted by Gasteiger charge is 2.65. The zero-order valence-corrected chi connectivity index (χ0v) is 23.8. The quantitative estimate of drug-likeness (QED) is 0.234. The normalized spacial score (nSPS) is 35.5. The minimum atomic E-state index is -0.926. The van der Waals surface area contributed by atoms with Crippen LogP contribution in [0.25, 0.3) is 0 Å². The van der Waals surface area contributed by atoms with Crippen LogP contribution in [0.5, 0.6) is 0 Å². The SMILES string of the molecule is CC(=O)O[C@H]1CC[C@@]2(C)[C@@H](CC[C@]3(C)\C(=C(C)/C=C/C=C(C)/C=C/C=C(\C)C(=O)O)C(=O)C[C@@H]23)C1(C)C. The molecule has 3 aliphatic carbocycles. The average Bonchev–Trinajstić information content (AvgIpc) is 3.06. The molecule has 3 aliphatic rings. The number of ether oxygens (including phenoxy) is 1. The maximum Gasteiger partial charge on any atom is 0.331 e.